The molecule has 0 spiro atoms. The van der Waals surface area contributed by atoms with E-state index in [1.54, 1.807) is 6.92 Å². The molecule has 0 aliphatic heterocycles. The van der Waals surface area contributed by atoms with Crippen molar-refractivity contribution in [2.24, 2.45) is 0 Å². The fourth-order valence-corrected chi connectivity index (χ4v) is 3.63. The third kappa shape index (κ3) is 4.53. The van der Waals surface area contributed by atoms with Crippen molar-refractivity contribution in [1.82, 2.24) is 20.2 Å². The van der Waals surface area contributed by atoms with Gasteiger partial charge in [0.05, 0.1) is 0 Å². The number of fused-ring (bicyclic) bond motifs is 1. The number of benzene rings is 2. The second kappa shape index (κ2) is 8.86. The molecule has 1 aliphatic carbocycles. The largest absolute Gasteiger partial charge is 0.451 e. The minimum Gasteiger partial charge on any atom is -0.451 e. The number of nitrogens with zero attached hydrogens (tertiary/aromatic N) is 4. The summed E-state index contributed by atoms with van der Waals surface area (Å²) in [5.41, 5.74) is 4.24. The second-order valence-corrected chi connectivity index (χ2v) is 7.40. The number of nitrogens with one attached hydrogen (secondary N) is 1. The van der Waals surface area contributed by atoms with Crippen LogP contribution < -0.4 is 5.32 Å². The van der Waals surface area contributed by atoms with Crippen molar-refractivity contribution in [2.45, 2.75) is 44.8 Å². The van der Waals surface area contributed by atoms with E-state index in [9.17, 15) is 9.59 Å². The molecule has 8 heteroatoms. The molecular weight excluding hydrogens is 382 g/mol. The van der Waals surface area contributed by atoms with Gasteiger partial charge in [-0.05, 0) is 65.4 Å². The Balaban J connectivity index is 1.41. The van der Waals surface area contributed by atoms with Crippen LogP contribution in [0.25, 0.3) is 0 Å². The molecule has 0 saturated carbocycles. The summed E-state index contributed by atoms with van der Waals surface area (Å²) < 4.78 is 6.82. The Labute approximate surface area is 174 Å². The van der Waals surface area contributed by atoms with E-state index in [0.717, 1.165) is 24.8 Å². The molecule has 8 nitrogen and oxygen atoms in total. The molecule has 2 atom stereocenters. The Hall–Kier alpha value is -3.55. The van der Waals surface area contributed by atoms with Crippen molar-refractivity contribution in [3.63, 3.8) is 0 Å². The number of amides is 1. The van der Waals surface area contributed by atoms with Gasteiger partial charge in [-0.15, -0.1) is 5.10 Å². The Morgan fingerprint density at radius 3 is 2.70 bits per heavy atom. The van der Waals surface area contributed by atoms with E-state index in [1.165, 1.54) is 22.1 Å². The maximum atomic E-state index is 12.8. The molecule has 4 rings (SSSR count). The fourth-order valence-electron chi connectivity index (χ4n) is 3.63. The number of ether oxygens (including phenoxy) is 1. The van der Waals surface area contributed by atoms with Crippen molar-refractivity contribution in [3.8, 4) is 0 Å². The van der Waals surface area contributed by atoms with Gasteiger partial charge in [0, 0.05) is 12.1 Å². The smallest absolute Gasteiger partial charge is 0.332 e. The van der Waals surface area contributed by atoms with Crippen molar-refractivity contribution >= 4 is 17.6 Å². The highest BCUT2D eigenvalue weighted by Crippen LogP contribution is 2.25. The highest BCUT2D eigenvalue weighted by Gasteiger charge is 2.28. The first-order chi connectivity index (χ1) is 14.6. The molecule has 1 N–H and O–H groups in total. The summed E-state index contributed by atoms with van der Waals surface area (Å²) in [7, 11) is 0. The first kappa shape index (κ1) is 19.8. The van der Waals surface area contributed by atoms with Gasteiger partial charge in [-0.1, -0.05) is 36.4 Å². The summed E-state index contributed by atoms with van der Waals surface area (Å²) >= 11 is 0. The number of tetrazole rings is 1. The van der Waals surface area contributed by atoms with E-state index in [2.05, 4.69) is 20.8 Å². The standard InChI is InChI=1S/C22H23N5O3/c1-15(21(28)24-19-11-10-17-8-5-9-18(17)13-19)30-22(29)20(27-14-23-25-26-27)12-16-6-3-2-4-7-16/h2-4,6-7,10-11,13-15,20H,5,8-9,12H2,1H3,(H,24,28)/t15-,20+/m0/s1. The van der Waals surface area contributed by atoms with Gasteiger partial charge in [0.2, 0.25) is 0 Å². The van der Waals surface area contributed by atoms with E-state index >= 15 is 0 Å². The quantitative estimate of drug-likeness (QED) is 0.607. The van der Waals surface area contributed by atoms with Gasteiger partial charge < -0.3 is 10.1 Å². The van der Waals surface area contributed by atoms with Crippen LogP contribution in [-0.2, 0) is 33.6 Å². The van der Waals surface area contributed by atoms with E-state index in [0.29, 0.717) is 12.1 Å². The molecule has 0 bridgehead atoms. The van der Waals surface area contributed by atoms with Gasteiger partial charge in [-0.2, -0.15) is 0 Å². The van der Waals surface area contributed by atoms with Crippen LogP contribution in [0.4, 0.5) is 5.69 Å². The van der Waals surface area contributed by atoms with Crippen LogP contribution in [0.3, 0.4) is 0 Å². The molecule has 0 saturated heterocycles. The van der Waals surface area contributed by atoms with E-state index < -0.39 is 18.1 Å². The van der Waals surface area contributed by atoms with Crippen LogP contribution in [0.15, 0.2) is 54.9 Å². The average molecular weight is 405 g/mol. The predicted molar refractivity (Wildman–Crippen MR) is 110 cm³/mol. The van der Waals surface area contributed by atoms with Crippen LogP contribution >= 0.6 is 0 Å². The molecule has 1 aliphatic rings. The lowest BCUT2D eigenvalue weighted by Crippen LogP contribution is -2.34. The summed E-state index contributed by atoms with van der Waals surface area (Å²) in [4.78, 5) is 25.4. The van der Waals surface area contributed by atoms with Gasteiger partial charge in [-0.25, -0.2) is 9.48 Å². The normalized spacial score (nSPS) is 14.6. The number of aromatic nitrogens is 4. The van der Waals surface area contributed by atoms with E-state index in [-0.39, 0.29) is 5.91 Å². The number of hydrogen-bond acceptors (Lipinski definition) is 6. The molecule has 0 fully saturated rings. The third-order valence-corrected chi connectivity index (χ3v) is 5.26. The van der Waals surface area contributed by atoms with Crippen LogP contribution in [0.5, 0.6) is 0 Å². The maximum absolute atomic E-state index is 12.8. The summed E-state index contributed by atoms with van der Waals surface area (Å²) in [6.07, 6.45) is 4.00. The number of carbonyl (C=O) groups excluding carboxylic acids is 2. The minimum atomic E-state index is -0.958. The zero-order chi connectivity index (χ0) is 20.9. The molecule has 2 aromatic carbocycles. The van der Waals surface area contributed by atoms with Crippen molar-refractivity contribution in [2.75, 3.05) is 5.32 Å². The molecule has 1 amide bonds. The van der Waals surface area contributed by atoms with Gasteiger partial charge in [0.15, 0.2) is 12.1 Å². The molecule has 1 heterocycles. The molecule has 1 aromatic heterocycles. The first-order valence-electron chi connectivity index (χ1n) is 9.99. The Kier molecular flexibility index (Phi) is 5.83. The zero-order valence-corrected chi connectivity index (χ0v) is 16.7. The summed E-state index contributed by atoms with van der Waals surface area (Å²) in [5, 5.41) is 13.9. The summed E-state index contributed by atoms with van der Waals surface area (Å²) in [6, 6.07) is 14.7. The first-order valence-corrected chi connectivity index (χ1v) is 9.99. The molecule has 30 heavy (non-hydrogen) atoms. The highest BCUT2D eigenvalue weighted by molar-refractivity contribution is 5.95. The van der Waals surface area contributed by atoms with Crippen LogP contribution in [0.2, 0.25) is 0 Å². The average Bonchev–Trinajstić information content (AvgIpc) is 3.44. The van der Waals surface area contributed by atoms with Crippen molar-refractivity contribution in [1.29, 1.82) is 0 Å². The Morgan fingerprint density at radius 2 is 1.93 bits per heavy atom. The second-order valence-electron chi connectivity index (χ2n) is 7.40. The number of esters is 1. The number of aryl methyl sites for hydroxylation is 2. The highest BCUT2D eigenvalue weighted by atomic mass is 16.5. The molecule has 0 radical (unpaired) electrons. The van der Waals surface area contributed by atoms with Crippen LogP contribution in [0, 0.1) is 0 Å². The summed E-state index contributed by atoms with van der Waals surface area (Å²) in [5.74, 6) is -0.945. The topological polar surface area (TPSA) is 99.0 Å². The van der Waals surface area contributed by atoms with Crippen molar-refractivity contribution < 1.29 is 14.3 Å². The molecule has 3 aromatic rings. The van der Waals surface area contributed by atoms with Gasteiger partial charge in [0.25, 0.3) is 5.91 Å². The minimum absolute atomic E-state index is 0.351. The zero-order valence-electron chi connectivity index (χ0n) is 16.7. The van der Waals surface area contributed by atoms with Gasteiger partial charge in [-0.3, -0.25) is 4.79 Å². The van der Waals surface area contributed by atoms with Crippen LogP contribution in [-0.4, -0.2) is 38.2 Å². The Morgan fingerprint density at radius 1 is 1.13 bits per heavy atom. The SMILES string of the molecule is C[C@H](OC(=O)[C@@H](Cc1ccccc1)n1cnnn1)C(=O)Nc1ccc2c(c1)CCC2. The van der Waals surface area contributed by atoms with Gasteiger partial charge in [0.1, 0.15) is 6.33 Å². The van der Waals surface area contributed by atoms with Crippen molar-refractivity contribution in [3.05, 3.63) is 71.5 Å². The van der Waals surface area contributed by atoms with E-state index in [1.807, 2.05) is 48.5 Å². The predicted octanol–water partition coefficient (Wildman–Crippen LogP) is 2.52. The number of hydrogen-bond donors (Lipinski definition) is 1. The lowest BCUT2D eigenvalue weighted by molar-refractivity contribution is -0.156. The third-order valence-electron chi connectivity index (χ3n) is 5.26. The van der Waals surface area contributed by atoms with Crippen LogP contribution in [0.1, 0.15) is 36.1 Å². The fraction of sp³-hybridized carbons (Fsp3) is 0.318. The number of anilines is 1. The molecular formula is C22H23N5O3. The molecule has 154 valence electrons. The number of rotatable bonds is 7. The maximum Gasteiger partial charge on any atom is 0.332 e. The molecule has 0 unspecified atom stereocenters. The van der Waals surface area contributed by atoms with Gasteiger partial charge >= 0.3 is 5.97 Å². The van der Waals surface area contributed by atoms with E-state index in [4.69, 9.17) is 4.74 Å². The number of carbonyl (C=O) groups is 2. The monoisotopic (exact) mass is 405 g/mol. The lowest BCUT2D eigenvalue weighted by atomic mass is 10.1. The Bertz CT molecular complexity index is 1020. The lowest BCUT2D eigenvalue weighted by Gasteiger charge is -2.19. The summed E-state index contributed by atoms with van der Waals surface area (Å²) in [6.45, 7) is 1.56.